The Morgan fingerprint density at radius 2 is 2.00 bits per heavy atom. The van der Waals surface area contributed by atoms with Crippen molar-refractivity contribution in [3.8, 4) is 0 Å². The molecule has 3 aliphatic rings. The van der Waals surface area contributed by atoms with E-state index in [0.29, 0.717) is 5.92 Å². The minimum atomic E-state index is 0.0567. The highest BCUT2D eigenvalue weighted by Gasteiger charge is 2.47. The van der Waals surface area contributed by atoms with Crippen LogP contribution in [-0.2, 0) is 6.42 Å². The number of amides is 1. The second-order valence-electron chi connectivity index (χ2n) is 6.31. The smallest absolute Gasteiger partial charge is 0.251 e. The number of nitrogens with one attached hydrogen (secondary N) is 1. The molecule has 2 nitrogen and oxygen atoms in total. The lowest BCUT2D eigenvalue weighted by molar-refractivity contribution is 0.0946. The SMILES string of the molecule is O=C1NCCc2ccc(C(Cl)C3CC4CC4C3)cc21. The molecule has 0 saturated heterocycles. The third kappa shape index (κ3) is 1.97. The summed E-state index contributed by atoms with van der Waals surface area (Å²) in [7, 11) is 0. The van der Waals surface area contributed by atoms with Gasteiger partial charge in [0.25, 0.3) is 5.91 Å². The first-order valence-corrected chi connectivity index (χ1v) is 7.71. The van der Waals surface area contributed by atoms with Crippen LogP contribution in [0.1, 0.15) is 46.1 Å². The number of carbonyl (C=O) groups is 1. The van der Waals surface area contributed by atoms with Crippen LogP contribution in [0.2, 0.25) is 0 Å². The van der Waals surface area contributed by atoms with E-state index in [0.717, 1.165) is 41.5 Å². The summed E-state index contributed by atoms with van der Waals surface area (Å²) >= 11 is 6.66. The molecule has 1 aliphatic heterocycles. The van der Waals surface area contributed by atoms with E-state index < -0.39 is 0 Å². The predicted octanol–water partition coefficient (Wildman–Crippen LogP) is 3.30. The van der Waals surface area contributed by atoms with Gasteiger partial charge in [-0.15, -0.1) is 11.6 Å². The van der Waals surface area contributed by atoms with Gasteiger partial charge in [-0.25, -0.2) is 0 Å². The highest BCUT2D eigenvalue weighted by Crippen LogP contribution is 2.58. The molecular formula is C16H18ClNO. The van der Waals surface area contributed by atoms with Crippen molar-refractivity contribution >= 4 is 17.5 Å². The zero-order chi connectivity index (χ0) is 13.0. The van der Waals surface area contributed by atoms with E-state index in [1.165, 1.54) is 19.3 Å². The monoisotopic (exact) mass is 275 g/mol. The summed E-state index contributed by atoms with van der Waals surface area (Å²) < 4.78 is 0. The van der Waals surface area contributed by atoms with Crippen molar-refractivity contribution in [3.05, 3.63) is 34.9 Å². The van der Waals surface area contributed by atoms with E-state index in [9.17, 15) is 4.79 Å². The van der Waals surface area contributed by atoms with Crippen LogP contribution in [0.4, 0.5) is 0 Å². The van der Waals surface area contributed by atoms with Crippen LogP contribution < -0.4 is 5.32 Å². The van der Waals surface area contributed by atoms with E-state index in [1.54, 1.807) is 0 Å². The summed E-state index contributed by atoms with van der Waals surface area (Å²) in [6.07, 6.45) is 4.92. The Hall–Kier alpha value is -1.02. The van der Waals surface area contributed by atoms with E-state index in [4.69, 9.17) is 11.6 Å². The number of alkyl halides is 1. The van der Waals surface area contributed by atoms with Crippen LogP contribution in [0.15, 0.2) is 18.2 Å². The van der Waals surface area contributed by atoms with Gasteiger partial charge < -0.3 is 5.32 Å². The fraction of sp³-hybridized carbons (Fsp3) is 0.562. The van der Waals surface area contributed by atoms with Crippen molar-refractivity contribution in [3.63, 3.8) is 0 Å². The Morgan fingerprint density at radius 1 is 1.21 bits per heavy atom. The van der Waals surface area contributed by atoms with Crippen molar-refractivity contribution in [1.82, 2.24) is 5.32 Å². The molecule has 0 spiro atoms. The molecule has 0 aromatic heterocycles. The maximum Gasteiger partial charge on any atom is 0.251 e. The van der Waals surface area contributed by atoms with E-state index >= 15 is 0 Å². The first-order valence-electron chi connectivity index (χ1n) is 7.27. The Kier molecular flexibility index (Phi) is 2.63. The van der Waals surface area contributed by atoms with Gasteiger partial charge in [-0.3, -0.25) is 4.79 Å². The summed E-state index contributed by atoms with van der Waals surface area (Å²) in [5.41, 5.74) is 3.12. The third-order valence-electron chi connectivity index (χ3n) is 5.07. The molecule has 0 radical (unpaired) electrons. The van der Waals surface area contributed by atoms with Crippen LogP contribution in [0, 0.1) is 17.8 Å². The van der Waals surface area contributed by atoms with Gasteiger partial charge in [0.1, 0.15) is 0 Å². The average Bonchev–Trinajstić information content (AvgIpc) is 3.05. The zero-order valence-corrected chi connectivity index (χ0v) is 11.6. The van der Waals surface area contributed by atoms with Gasteiger partial charge in [0.15, 0.2) is 0 Å². The second-order valence-corrected chi connectivity index (χ2v) is 6.78. The lowest BCUT2D eigenvalue weighted by Gasteiger charge is -2.22. The fourth-order valence-electron chi connectivity index (χ4n) is 3.87. The zero-order valence-electron chi connectivity index (χ0n) is 10.9. The first kappa shape index (κ1) is 11.8. The lowest BCUT2D eigenvalue weighted by atomic mass is 9.90. The van der Waals surface area contributed by atoms with Gasteiger partial charge in [0.2, 0.25) is 0 Å². The minimum Gasteiger partial charge on any atom is -0.352 e. The topological polar surface area (TPSA) is 29.1 Å². The highest BCUT2D eigenvalue weighted by atomic mass is 35.5. The van der Waals surface area contributed by atoms with Crippen molar-refractivity contribution < 1.29 is 4.79 Å². The normalized spacial score (nSPS) is 33.3. The standard InChI is InChI=1S/C16H18ClNO/c17-15(13-6-11-5-12(11)7-13)10-2-1-9-3-4-18-16(19)14(9)8-10/h1-2,8,11-13,15H,3-7H2,(H,18,19). The summed E-state index contributed by atoms with van der Waals surface area (Å²) in [6, 6.07) is 6.24. The Bertz CT molecular complexity index is 532. The molecule has 2 fully saturated rings. The Balaban J connectivity index is 1.60. The molecule has 1 N–H and O–H groups in total. The van der Waals surface area contributed by atoms with Crippen LogP contribution in [0.3, 0.4) is 0 Å². The maximum atomic E-state index is 11.9. The van der Waals surface area contributed by atoms with Crippen molar-refractivity contribution in [2.45, 2.75) is 31.1 Å². The molecular weight excluding hydrogens is 258 g/mol. The number of hydrogen-bond donors (Lipinski definition) is 1. The number of fused-ring (bicyclic) bond motifs is 2. The molecule has 3 unspecified atom stereocenters. The van der Waals surface area contributed by atoms with Crippen LogP contribution >= 0.6 is 11.6 Å². The van der Waals surface area contributed by atoms with E-state index in [-0.39, 0.29) is 11.3 Å². The molecule has 1 amide bonds. The summed E-state index contributed by atoms with van der Waals surface area (Å²) in [6.45, 7) is 0.751. The van der Waals surface area contributed by atoms with E-state index in [1.807, 2.05) is 6.07 Å². The van der Waals surface area contributed by atoms with Gasteiger partial charge in [-0.2, -0.15) is 0 Å². The van der Waals surface area contributed by atoms with Gasteiger partial charge >= 0.3 is 0 Å². The Morgan fingerprint density at radius 3 is 2.79 bits per heavy atom. The molecule has 3 heteroatoms. The van der Waals surface area contributed by atoms with Crippen molar-refractivity contribution in [2.24, 2.45) is 17.8 Å². The van der Waals surface area contributed by atoms with Gasteiger partial charge in [-0.1, -0.05) is 12.1 Å². The number of hydrogen-bond acceptors (Lipinski definition) is 1. The molecule has 1 aromatic carbocycles. The molecule has 0 bridgehead atoms. The summed E-state index contributed by atoms with van der Waals surface area (Å²) in [5, 5.41) is 2.98. The molecule has 100 valence electrons. The van der Waals surface area contributed by atoms with Crippen molar-refractivity contribution in [2.75, 3.05) is 6.54 Å². The largest absolute Gasteiger partial charge is 0.352 e. The molecule has 1 aromatic rings. The molecule has 2 saturated carbocycles. The molecule has 4 rings (SSSR count). The second kappa shape index (κ2) is 4.24. The van der Waals surface area contributed by atoms with Gasteiger partial charge in [0.05, 0.1) is 5.38 Å². The fourth-order valence-corrected chi connectivity index (χ4v) is 4.22. The average molecular weight is 276 g/mol. The highest BCUT2D eigenvalue weighted by molar-refractivity contribution is 6.21. The molecule has 3 atom stereocenters. The Labute approximate surface area is 118 Å². The quantitative estimate of drug-likeness (QED) is 0.825. The third-order valence-corrected chi connectivity index (χ3v) is 5.68. The first-order chi connectivity index (χ1) is 9.22. The van der Waals surface area contributed by atoms with Crippen LogP contribution in [0.5, 0.6) is 0 Å². The maximum absolute atomic E-state index is 11.9. The van der Waals surface area contributed by atoms with Crippen molar-refractivity contribution in [1.29, 1.82) is 0 Å². The molecule has 19 heavy (non-hydrogen) atoms. The summed E-state index contributed by atoms with van der Waals surface area (Å²) in [5.74, 6) is 2.57. The van der Waals surface area contributed by atoms with E-state index in [2.05, 4.69) is 17.4 Å². The number of benzene rings is 1. The van der Waals surface area contributed by atoms with Gasteiger partial charge in [0, 0.05) is 12.1 Å². The van der Waals surface area contributed by atoms with Crippen LogP contribution in [0.25, 0.3) is 0 Å². The van der Waals surface area contributed by atoms with Gasteiger partial charge in [-0.05, 0) is 60.6 Å². The number of halogens is 1. The number of carbonyl (C=O) groups excluding carboxylic acids is 1. The lowest BCUT2D eigenvalue weighted by Crippen LogP contribution is -2.31. The van der Waals surface area contributed by atoms with Crippen LogP contribution in [-0.4, -0.2) is 12.5 Å². The minimum absolute atomic E-state index is 0.0567. The molecule has 2 aliphatic carbocycles. The predicted molar refractivity (Wildman–Crippen MR) is 75.4 cm³/mol. The summed E-state index contributed by atoms with van der Waals surface area (Å²) in [4.78, 5) is 11.9. The number of rotatable bonds is 2. The molecule has 1 heterocycles.